The third-order valence-corrected chi connectivity index (χ3v) is 3.10. The predicted octanol–water partition coefficient (Wildman–Crippen LogP) is 4.47. The molecule has 1 rings (SSSR count). The molecule has 0 fully saturated rings. The van der Waals surface area contributed by atoms with Crippen LogP contribution in [-0.4, -0.2) is 12.4 Å². The van der Waals surface area contributed by atoms with Crippen molar-refractivity contribution in [3.8, 4) is 0 Å². The highest BCUT2D eigenvalue weighted by Gasteiger charge is 2.69. The molecule has 6 heteroatoms. The molecule has 0 aliphatic heterocycles. The van der Waals surface area contributed by atoms with E-state index in [4.69, 9.17) is 0 Å². The molecule has 1 aliphatic rings. The molecule has 1 atom stereocenters. The largest absolute Gasteiger partial charge is 0.406 e. The molecule has 0 heterocycles. The lowest BCUT2D eigenvalue weighted by molar-refractivity contribution is -0.325. The quantitative estimate of drug-likeness (QED) is 0.473. The van der Waals surface area contributed by atoms with Crippen LogP contribution in [0.25, 0.3) is 0 Å². The molecule has 1 unspecified atom stereocenters. The fraction of sp³-hybridized carbons (Fsp3) is 0.800. The molecule has 0 nitrogen and oxygen atoms in total. The molecule has 0 N–H and O–H groups in total. The van der Waals surface area contributed by atoms with Crippen molar-refractivity contribution in [1.29, 1.82) is 0 Å². The molecule has 1 aliphatic carbocycles. The molecule has 0 saturated heterocycles. The standard InChI is InChI=1S/C10H12F6/c1-2-7-3-5-8(6-4-7,9(11,12)13)10(14,15)16/h3,5,7H,2,4,6H2,1H3. The van der Waals surface area contributed by atoms with Gasteiger partial charge in [0, 0.05) is 0 Å². The van der Waals surface area contributed by atoms with Gasteiger partial charge in [-0.15, -0.1) is 0 Å². The van der Waals surface area contributed by atoms with E-state index >= 15 is 0 Å². The van der Waals surface area contributed by atoms with Crippen LogP contribution in [0.5, 0.6) is 0 Å². The zero-order valence-electron chi connectivity index (χ0n) is 8.62. The monoisotopic (exact) mass is 246 g/mol. The Morgan fingerprint density at radius 2 is 1.62 bits per heavy atom. The Bertz CT molecular complexity index is 258. The summed E-state index contributed by atoms with van der Waals surface area (Å²) in [5.41, 5.74) is -3.65. The first-order valence-corrected chi connectivity index (χ1v) is 4.97. The molecule has 0 radical (unpaired) electrons. The van der Waals surface area contributed by atoms with Crippen molar-refractivity contribution >= 4 is 0 Å². The van der Waals surface area contributed by atoms with Crippen molar-refractivity contribution in [2.45, 2.75) is 38.5 Å². The summed E-state index contributed by atoms with van der Waals surface area (Å²) in [5, 5.41) is 0. The molecule has 0 spiro atoms. The van der Waals surface area contributed by atoms with E-state index in [9.17, 15) is 26.3 Å². The SMILES string of the molecule is CCC1C=CC(C(F)(F)F)(C(F)(F)F)CC1. The van der Waals surface area contributed by atoms with Gasteiger partial charge < -0.3 is 0 Å². The summed E-state index contributed by atoms with van der Waals surface area (Å²) in [7, 11) is 0. The average Bonchev–Trinajstić information content (AvgIpc) is 2.14. The highest BCUT2D eigenvalue weighted by atomic mass is 19.4. The first-order valence-electron chi connectivity index (χ1n) is 4.97. The Balaban J connectivity index is 3.11. The highest BCUT2D eigenvalue weighted by Crippen LogP contribution is 2.56. The maximum absolute atomic E-state index is 12.6. The van der Waals surface area contributed by atoms with Gasteiger partial charge in [-0.25, -0.2) is 0 Å². The second kappa shape index (κ2) is 3.96. The lowest BCUT2D eigenvalue weighted by Crippen LogP contribution is -2.49. The van der Waals surface area contributed by atoms with Gasteiger partial charge in [0.25, 0.3) is 0 Å². The second-order valence-corrected chi connectivity index (χ2v) is 4.03. The van der Waals surface area contributed by atoms with Crippen molar-refractivity contribution in [3.05, 3.63) is 12.2 Å². The van der Waals surface area contributed by atoms with E-state index in [0.29, 0.717) is 12.5 Å². The van der Waals surface area contributed by atoms with Gasteiger partial charge >= 0.3 is 12.4 Å². The van der Waals surface area contributed by atoms with Gasteiger partial charge in [-0.3, -0.25) is 0 Å². The Morgan fingerprint density at radius 3 is 1.88 bits per heavy atom. The molecule has 0 aromatic heterocycles. The van der Waals surface area contributed by atoms with Gasteiger partial charge in [0.2, 0.25) is 0 Å². The number of allylic oxidation sites excluding steroid dienone is 2. The van der Waals surface area contributed by atoms with Gasteiger partial charge in [-0.05, 0) is 25.2 Å². The predicted molar refractivity (Wildman–Crippen MR) is 46.7 cm³/mol. The summed E-state index contributed by atoms with van der Waals surface area (Å²) >= 11 is 0. The topological polar surface area (TPSA) is 0 Å². The third-order valence-electron chi connectivity index (χ3n) is 3.10. The Hall–Kier alpha value is -0.680. The van der Waals surface area contributed by atoms with Crippen LogP contribution in [0.1, 0.15) is 26.2 Å². The molecule has 0 aromatic rings. The van der Waals surface area contributed by atoms with Crippen LogP contribution in [0.4, 0.5) is 26.3 Å². The number of halogens is 6. The number of rotatable bonds is 1. The molecule has 0 aromatic carbocycles. The summed E-state index contributed by atoms with van der Waals surface area (Å²) in [6.07, 6.45) is -9.64. The second-order valence-electron chi connectivity index (χ2n) is 4.03. The van der Waals surface area contributed by atoms with Crippen molar-refractivity contribution < 1.29 is 26.3 Å². The maximum atomic E-state index is 12.6. The van der Waals surface area contributed by atoms with Crippen LogP contribution in [0.3, 0.4) is 0 Å². The van der Waals surface area contributed by atoms with Gasteiger partial charge in [-0.2, -0.15) is 26.3 Å². The molecular formula is C10H12F6. The van der Waals surface area contributed by atoms with E-state index in [2.05, 4.69) is 0 Å². The van der Waals surface area contributed by atoms with Gasteiger partial charge in [0.05, 0.1) is 0 Å². The molecule has 16 heavy (non-hydrogen) atoms. The van der Waals surface area contributed by atoms with E-state index in [1.807, 2.05) is 0 Å². The number of hydrogen-bond donors (Lipinski definition) is 0. The minimum Gasteiger partial charge on any atom is -0.170 e. The normalized spacial score (nSPS) is 25.8. The highest BCUT2D eigenvalue weighted by molar-refractivity contribution is 5.13. The fourth-order valence-electron chi connectivity index (χ4n) is 1.87. The summed E-state index contributed by atoms with van der Waals surface area (Å²) in [5.74, 6) is -0.183. The zero-order chi connectivity index (χ0) is 12.6. The van der Waals surface area contributed by atoms with Crippen molar-refractivity contribution in [1.82, 2.24) is 0 Å². The molecule has 0 saturated carbocycles. The minimum atomic E-state index is -5.28. The summed E-state index contributed by atoms with van der Waals surface area (Å²) < 4.78 is 75.3. The molecule has 0 amide bonds. The Morgan fingerprint density at radius 1 is 1.12 bits per heavy atom. The zero-order valence-corrected chi connectivity index (χ0v) is 8.62. The number of hydrogen-bond acceptors (Lipinski definition) is 0. The van der Waals surface area contributed by atoms with E-state index < -0.39 is 24.2 Å². The van der Waals surface area contributed by atoms with Crippen LogP contribution in [-0.2, 0) is 0 Å². The smallest absolute Gasteiger partial charge is 0.170 e. The van der Waals surface area contributed by atoms with Crippen LogP contribution in [0, 0.1) is 11.3 Å². The van der Waals surface area contributed by atoms with Gasteiger partial charge in [0.15, 0.2) is 5.41 Å². The van der Waals surface area contributed by atoms with Crippen LogP contribution >= 0.6 is 0 Å². The van der Waals surface area contributed by atoms with Gasteiger partial charge in [-0.1, -0.05) is 19.1 Å². The maximum Gasteiger partial charge on any atom is 0.406 e. The van der Waals surface area contributed by atoms with Gasteiger partial charge in [0.1, 0.15) is 0 Å². The van der Waals surface area contributed by atoms with Crippen molar-refractivity contribution in [2.75, 3.05) is 0 Å². The van der Waals surface area contributed by atoms with Crippen LogP contribution in [0.2, 0.25) is 0 Å². The number of alkyl halides is 6. The summed E-state index contributed by atoms with van der Waals surface area (Å²) in [4.78, 5) is 0. The van der Waals surface area contributed by atoms with Crippen molar-refractivity contribution in [3.63, 3.8) is 0 Å². The van der Waals surface area contributed by atoms with E-state index in [-0.39, 0.29) is 12.3 Å². The summed E-state index contributed by atoms with van der Waals surface area (Å²) in [6, 6.07) is 0. The van der Waals surface area contributed by atoms with E-state index in [1.165, 1.54) is 0 Å². The van der Waals surface area contributed by atoms with Crippen LogP contribution < -0.4 is 0 Å². The first kappa shape index (κ1) is 13.4. The Labute approximate surface area is 89.3 Å². The van der Waals surface area contributed by atoms with Crippen LogP contribution in [0.15, 0.2) is 12.2 Å². The van der Waals surface area contributed by atoms with E-state index in [1.54, 1.807) is 6.92 Å². The first-order chi connectivity index (χ1) is 7.14. The fourth-order valence-corrected chi connectivity index (χ4v) is 1.87. The van der Waals surface area contributed by atoms with Crippen molar-refractivity contribution in [2.24, 2.45) is 11.3 Å². The third kappa shape index (κ3) is 2.06. The Kier molecular flexibility index (Phi) is 3.32. The lowest BCUT2D eigenvalue weighted by atomic mass is 9.74. The minimum absolute atomic E-state index is 0.0774. The van der Waals surface area contributed by atoms with E-state index in [0.717, 1.165) is 6.08 Å². The lowest BCUT2D eigenvalue weighted by Gasteiger charge is -2.38. The average molecular weight is 246 g/mol. The summed E-state index contributed by atoms with van der Waals surface area (Å²) in [6.45, 7) is 1.74. The molecular weight excluding hydrogens is 234 g/mol. The molecule has 0 bridgehead atoms. The molecule has 94 valence electrons.